The van der Waals surface area contributed by atoms with Crippen molar-refractivity contribution in [3.8, 4) is 12.3 Å². The zero-order valence-corrected chi connectivity index (χ0v) is 61.0. The van der Waals surface area contributed by atoms with Crippen LogP contribution in [0.1, 0.15) is 427 Å². The molecule has 0 radical (unpaired) electrons. The van der Waals surface area contributed by atoms with E-state index in [1.54, 1.807) is 0 Å². The molecule has 0 aromatic rings. The van der Waals surface area contributed by atoms with E-state index in [-0.39, 0.29) is 51.1 Å². The highest BCUT2D eigenvalue weighted by Crippen LogP contribution is 2.36. The zero-order chi connectivity index (χ0) is 71.5. The van der Waals surface area contributed by atoms with Crippen molar-refractivity contribution in [3.05, 3.63) is 0 Å². The van der Waals surface area contributed by atoms with Crippen LogP contribution in [-0.4, -0.2) is 89.1 Å². The maximum absolute atomic E-state index is 12.3. The number of ketones is 2. The summed E-state index contributed by atoms with van der Waals surface area (Å²) in [6.07, 6.45) is 62.3. The van der Waals surface area contributed by atoms with E-state index in [0.29, 0.717) is 51.4 Å². The number of carbonyl (C=O) groups excluding carboxylic acids is 2. The Labute approximate surface area is 585 Å². The maximum atomic E-state index is 12.3. The summed E-state index contributed by atoms with van der Waals surface area (Å²) in [5, 5.41) is 64.8. The first-order chi connectivity index (χ1) is 45.6. The van der Waals surface area contributed by atoms with Crippen LogP contribution < -0.4 is 0 Å². The lowest BCUT2D eigenvalue weighted by Gasteiger charge is -2.27. The second-order valence-electron chi connectivity index (χ2n) is 27.8. The second-order valence-corrected chi connectivity index (χ2v) is 27.8. The first-order valence-electron chi connectivity index (χ1n) is 38.6. The number of hydrogen-bond acceptors (Lipinski definition) is 9. The maximum Gasteiger partial charge on any atom is 0.321 e. The predicted molar refractivity (Wildman–Crippen MR) is 391 cm³/mol. The quantitative estimate of drug-likeness (QED) is 0.0169. The number of carboxylic acid groups (broad SMARTS) is 7. The predicted octanol–water partition coefficient (Wildman–Crippen LogP) is 22.8. The van der Waals surface area contributed by atoms with Crippen LogP contribution in [0.5, 0.6) is 0 Å². The highest BCUT2D eigenvalue weighted by Gasteiger charge is 2.46. The first kappa shape index (κ1) is 97.6. The highest BCUT2D eigenvalue weighted by atomic mass is 16.4. The third-order valence-electron chi connectivity index (χ3n) is 19.6. The molecule has 7 N–H and O–H groups in total. The molecule has 0 amide bonds. The largest absolute Gasteiger partial charge is 0.481 e. The molecule has 96 heavy (non-hydrogen) atoms. The molecule has 16 nitrogen and oxygen atoms in total. The Morgan fingerprint density at radius 1 is 0.250 bits per heavy atom. The molecule has 0 heterocycles. The van der Waals surface area contributed by atoms with Gasteiger partial charge in [0.05, 0.1) is 0 Å². The van der Waals surface area contributed by atoms with Crippen LogP contribution in [0.3, 0.4) is 0 Å². The Morgan fingerprint density at radius 2 is 0.406 bits per heavy atom. The van der Waals surface area contributed by atoms with E-state index in [2.05, 4.69) is 19.8 Å². The fourth-order valence-corrected chi connectivity index (χ4v) is 13.0. The second kappa shape index (κ2) is 68.7. The standard InChI is InChI=1S/C28H54O3.C26H44O5.C25H44O8.CH4/c1-4-6-8-10-12-14-16-18-20-22-24-28(26(3)29,27(30)31)25-23-21-19-17-15-13-11-9-7-5-2;1-3-4-5-6-7-9-12-15-18-21-26(23(2)27,25(30)31)22-19-16-13-10-8-11-14-17-20-24(28)29;26-21(27)17-13-9-5-1-3-7-11-15-19-25(23(30)31,24(32)33)20-16-12-8-4-2-6-10-14-18-22(28)29;/h4-25H2,1-3H3,(H,30,31);1H,4-22H2,2H3,(H,28,29)(H,30,31);1-20H2,(H,26,27)(H,28,29)(H,30,31)(H,32,33);1H4. The van der Waals surface area contributed by atoms with Gasteiger partial charge < -0.3 is 35.7 Å². The van der Waals surface area contributed by atoms with Crippen molar-refractivity contribution in [1.82, 2.24) is 0 Å². The molecule has 0 aromatic carbocycles. The number of aliphatic carboxylic acids is 7. The lowest BCUT2D eigenvalue weighted by Crippen LogP contribution is -2.39. The Bertz CT molecular complexity index is 1890. The lowest BCUT2D eigenvalue weighted by molar-refractivity contribution is -0.166. The summed E-state index contributed by atoms with van der Waals surface area (Å²) in [6.45, 7) is 7.40. The van der Waals surface area contributed by atoms with E-state index in [9.17, 15) is 63.6 Å². The minimum atomic E-state index is -1.70. The van der Waals surface area contributed by atoms with Gasteiger partial charge in [0.1, 0.15) is 22.4 Å². The highest BCUT2D eigenvalue weighted by molar-refractivity contribution is 6.02. The molecule has 562 valence electrons. The molecule has 1 atom stereocenters. The Balaban J connectivity index is -0.000000658. The third kappa shape index (κ3) is 56.1. The average molecular weight is 1360 g/mol. The van der Waals surface area contributed by atoms with Crippen LogP contribution in [-0.2, 0) is 43.2 Å². The summed E-state index contributed by atoms with van der Waals surface area (Å²) >= 11 is 0. The van der Waals surface area contributed by atoms with Gasteiger partial charge >= 0.3 is 41.8 Å². The van der Waals surface area contributed by atoms with Gasteiger partial charge in [0.2, 0.25) is 0 Å². The van der Waals surface area contributed by atoms with Crippen LogP contribution in [0.2, 0.25) is 0 Å². The Hall–Kier alpha value is -4.81. The number of carbonyl (C=O) groups is 9. The van der Waals surface area contributed by atoms with Crippen molar-refractivity contribution in [2.75, 3.05) is 0 Å². The average Bonchev–Trinajstić information content (AvgIpc) is 0.854. The molecule has 0 saturated heterocycles. The SMILES string of the molecule is C.C#CCCCCCCCCCC(CCCCCCCCCCC(=O)O)(C(C)=O)C(=O)O.CCCCCCCCCCCCC(CCCCCCCCCCCC)(C(C)=O)C(=O)O.O=C(O)CCCCCCCCCCC(CCCCCCCCCCC(=O)O)(C(=O)O)C(=O)O. The van der Waals surface area contributed by atoms with Crippen LogP contribution in [0, 0.1) is 28.6 Å². The fraction of sp³-hybridized carbons (Fsp3) is 0.863. The fourth-order valence-electron chi connectivity index (χ4n) is 13.0. The monoisotopic (exact) mass is 1360 g/mol. The minimum absolute atomic E-state index is 0. The molecular formula is C80H146O16. The Kier molecular flexibility index (Phi) is 69.8. The van der Waals surface area contributed by atoms with Gasteiger partial charge in [0.25, 0.3) is 0 Å². The number of terminal acetylenes is 1. The van der Waals surface area contributed by atoms with E-state index in [0.717, 1.165) is 205 Å². The smallest absolute Gasteiger partial charge is 0.321 e. The summed E-state index contributed by atoms with van der Waals surface area (Å²) in [5.41, 5.74) is -4.06. The molecule has 0 bridgehead atoms. The molecule has 0 rings (SSSR count). The zero-order valence-electron chi connectivity index (χ0n) is 61.0. The van der Waals surface area contributed by atoms with E-state index in [1.165, 1.54) is 117 Å². The van der Waals surface area contributed by atoms with Crippen LogP contribution in [0.15, 0.2) is 0 Å². The molecule has 0 spiro atoms. The van der Waals surface area contributed by atoms with Gasteiger partial charge in [-0.2, -0.15) is 0 Å². The minimum Gasteiger partial charge on any atom is -0.481 e. The van der Waals surface area contributed by atoms with Crippen molar-refractivity contribution in [2.24, 2.45) is 16.2 Å². The normalized spacial score (nSPS) is 11.8. The van der Waals surface area contributed by atoms with Crippen molar-refractivity contribution in [1.29, 1.82) is 0 Å². The van der Waals surface area contributed by atoms with E-state index < -0.39 is 58.0 Å². The molecule has 16 heteroatoms. The van der Waals surface area contributed by atoms with Crippen LogP contribution in [0.25, 0.3) is 0 Å². The number of unbranched alkanes of at least 4 members (excludes halogenated alkanes) is 46. The molecule has 0 fully saturated rings. The lowest BCUT2D eigenvalue weighted by atomic mass is 9.75. The number of hydrogen-bond donors (Lipinski definition) is 7. The summed E-state index contributed by atoms with van der Waals surface area (Å²) in [6, 6.07) is 0. The topological polar surface area (TPSA) is 295 Å². The summed E-state index contributed by atoms with van der Waals surface area (Å²) in [7, 11) is 0. The van der Waals surface area contributed by atoms with E-state index >= 15 is 0 Å². The number of rotatable bonds is 70. The summed E-state index contributed by atoms with van der Waals surface area (Å²) in [4.78, 5) is 104. The van der Waals surface area contributed by atoms with E-state index in [1.807, 2.05) is 0 Å². The molecule has 0 aliphatic carbocycles. The van der Waals surface area contributed by atoms with E-state index in [4.69, 9.17) is 21.7 Å². The van der Waals surface area contributed by atoms with Gasteiger partial charge in [0.15, 0.2) is 5.41 Å². The van der Waals surface area contributed by atoms with Gasteiger partial charge in [-0.3, -0.25) is 43.2 Å². The van der Waals surface area contributed by atoms with Crippen molar-refractivity contribution >= 4 is 53.4 Å². The van der Waals surface area contributed by atoms with Gasteiger partial charge in [-0.1, -0.05) is 323 Å². The molecule has 0 aliphatic rings. The van der Waals surface area contributed by atoms with Gasteiger partial charge in [0, 0.05) is 25.7 Å². The van der Waals surface area contributed by atoms with Crippen LogP contribution >= 0.6 is 0 Å². The summed E-state index contributed by atoms with van der Waals surface area (Å²) in [5.74, 6) is -4.32. The van der Waals surface area contributed by atoms with Gasteiger partial charge in [-0.15, -0.1) is 12.3 Å². The van der Waals surface area contributed by atoms with Gasteiger partial charge in [-0.05, 0) is 78.1 Å². The third-order valence-corrected chi connectivity index (χ3v) is 19.6. The molecule has 0 saturated carbocycles. The van der Waals surface area contributed by atoms with Crippen molar-refractivity contribution < 1.29 is 78.9 Å². The van der Waals surface area contributed by atoms with Crippen molar-refractivity contribution in [2.45, 2.75) is 427 Å². The van der Waals surface area contributed by atoms with Crippen molar-refractivity contribution in [3.63, 3.8) is 0 Å². The molecule has 1 unspecified atom stereocenters. The molecule has 0 aromatic heterocycles. The number of carboxylic acids is 7. The molecule has 0 aliphatic heterocycles. The summed E-state index contributed by atoms with van der Waals surface area (Å²) < 4.78 is 0. The Morgan fingerprint density at radius 3 is 0.562 bits per heavy atom. The first-order valence-corrected chi connectivity index (χ1v) is 38.6. The molecular weight excluding hydrogens is 1220 g/mol. The number of Topliss-reactive ketones (excluding diaryl/α,β-unsaturated/α-hetero) is 2. The van der Waals surface area contributed by atoms with Crippen LogP contribution in [0.4, 0.5) is 0 Å². The van der Waals surface area contributed by atoms with Gasteiger partial charge in [-0.25, -0.2) is 0 Å².